The van der Waals surface area contributed by atoms with Crippen LogP contribution in [0, 0.1) is 0 Å². The van der Waals surface area contributed by atoms with E-state index in [1.54, 1.807) is 24.3 Å². The van der Waals surface area contributed by atoms with Gasteiger partial charge in [-0.25, -0.2) is 0 Å². The Balaban J connectivity index is 0. The van der Waals surface area contributed by atoms with Crippen molar-refractivity contribution in [2.24, 2.45) is 0 Å². The summed E-state index contributed by atoms with van der Waals surface area (Å²) in [5.41, 5.74) is 0. The average molecular weight is 162 g/mol. The van der Waals surface area contributed by atoms with Crippen LogP contribution in [0.1, 0.15) is 0 Å². The summed E-state index contributed by atoms with van der Waals surface area (Å²) >= 11 is 0. The van der Waals surface area contributed by atoms with Gasteiger partial charge in [0.05, 0.1) is 0 Å². The molecule has 1 rings (SSSR count). The van der Waals surface area contributed by atoms with Crippen molar-refractivity contribution in [3.05, 3.63) is 30.3 Å². The average Bonchev–Trinajstić information content (AvgIpc) is 1.91. The molecule has 4 heteroatoms. The van der Waals surface area contributed by atoms with Crippen LogP contribution in [0.4, 0.5) is 0 Å². The fourth-order valence-electron chi connectivity index (χ4n) is 0.428. The van der Waals surface area contributed by atoms with Gasteiger partial charge < -0.3 is 15.0 Å². The van der Waals surface area contributed by atoms with Gasteiger partial charge in [0.15, 0.2) is 0 Å². The van der Waals surface area contributed by atoms with E-state index in [0.29, 0.717) is 12.2 Å². The Kier molecular flexibility index (Phi) is 11.3. The van der Waals surface area contributed by atoms with E-state index in [4.69, 9.17) is 15.0 Å². The van der Waals surface area contributed by atoms with Crippen LogP contribution in [0.15, 0.2) is 30.3 Å². The molecule has 0 aromatic heterocycles. The minimum atomic E-state index is 0. The van der Waals surface area contributed by atoms with Crippen molar-refractivity contribution < 1.29 is 44.6 Å². The summed E-state index contributed by atoms with van der Waals surface area (Å²) in [5, 5.41) is 15.4. The van der Waals surface area contributed by atoms with Crippen LogP contribution in [-0.4, -0.2) is 16.7 Å². The van der Waals surface area contributed by atoms with Crippen LogP contribution in [0.3, 0.4) is 0 Å². The first-order valence-electron chi connectivity index (χ1n) is 2.56. The predicted molar refractivity (Wildman–Crippen MR) is 36.4 cm³/mol. The van der Waals surface area contributed by atoms with Gasteiger partial charge in [-0.3, -0.25) is 0 Å². The van der Waals surface area contributed by atoms with Crippen molar-refractivity contribution in [3.8, 4) is 5.75 Å². The summed E-state index contributed by atoms with van der Waals surface area (Å²) in [6, 6.07) is 8.71. The molecule has 0 heterocycles. The van der Waals surface area contributed by atoms with E-state index in [1.807, 2.05) is 6.07 Å². The predicted octanol–water partition coefficient (Wildman–Crippen LogP) is -1.99. The third-order valence-corrected chi connectivity index (χ3v) is 0.756. The molecule has 0 fully saturated rings. The third kappa shape index (κ3) is 9.49. The number of hydrogen-bond acceptors (Lipinski definition) is 2. The van der Waals surface area contributed by atoms with Crippen LogP contribution < -0.4 is 29.6 Å². The van der Waals surface area contributed by atoms with Crippen LogP contribution in [0.5, 0.6) is 5.75 Å². The Morgan fingerprint density at radius 1 is 1.18 bits per heavy atom. The molecule has 1 aromatic carbocycles. The molecule has 0 amide bonds. The number of hydrogen-bond donors (Lipinski definition) is 2. The zero-order chi connectivity index (χ0) is 7.82. The number of phenols is 1. The van der Waals surface area contributed by atoms with Gasteiger partial charge in [0, 0.05) is 0 Å². The molecule has 0 radical (unpaired) electrons. The van der Waals surface area contributed by atoms with E-state index in [2.05, 4.69) is 0 Å². The van der Waals surface area contributed by atoms with E-state index in [9.17, 15) is 0 Å². The third-order valence-electron chi connectivity index (χ3n) is 0.756. The van der Waals surface area contributed by atoms with E-state index < -0.39 is 0 Å². The molecule has 0 spiro atoms. The number of benzene rings is 1. The van der Waals surface area contributed by atoms with Crippen LogP contribution in [0.2, 0.25) is 0 Å². The molecule has 54 valence electrons. The molecule has 0 aliphatic carbocycles. The maximum Gasteiger partial charge on any atom is 1.00 e. The fraction of sp³-hybridized carbons (Fsp3) is 0. The number of para-hydroxylation sites is 1. The summed E-state index contributed by atoms with van der Waals surface area (Å²) in [4.78, 5) is 8.24. The van der Waals surface area contributed by atoms with E-state index in [1.165, 1.54) is 0 Å². The second-order valence-corrected chi connectivity index (χ2v) is 1.43. The maximum atomic E-state index is 8.63. The molecule has 0 aliphatic heterocycles. The summed E-state index contributed by atoms with van der Waals surface area (Å²) < 4.78 is 0. The molecular weight excluding hydrogens is 155 g/mol. The quantitative estimate of drug-likeness (QED) is 0.343. The topological polar surface area (TPSA) is 57.5 Å². The molecule has 2 N–H and O–H groups in total. The van der Waals surface area contributed by atoms with Gasteiger partial charge in [0.25, 0.3) is 0 Å². The zero-order valence-electron chi connectivity index (χ0n) is 6.19. The second-order valence-electron chi connectivity index (χ2n) is 1.43. The van der Waals surface area contributed by atoms with E-state index in [-0.39, 0.29) is 29.6 Å². The smallest absolute Gasteiger partial charge is 0.665 e. The molecule has 3 nitrogen and oxygen atoms in total. The first-order chi connectivity index (χ1) is 4.81. The van der Waals surface area contributed by atoms with Crippen LogP contribution >= 0.6 is 0 Å². The van der Waals surface area contributed by atoms with Gasteiger partial charge in [-0.2, -0.15) is 0 Å². The maximum absolute atomic E-state index is 8.63. The first-order valence-corrected chi connectivity index (χ1v) is 2.56. The van der Waals surface area contributed by atoms with Crippen molar-refractivity contribution in [1.29, 1.82) is 0 Å². The van der Waals surface area contributed by atoms with Crippen molar-refractivity contribution in [3.63, 3.8) is 0 Å². The Bertz CT molecular complexity index is 176. The summed E-state index contributed by atoms with van der Waals surface area (Å²) in [6.45, 7) is 0.500. The minimum absolute atomic E-state index is 0. The normalized spacial score (nSPS) is 6.55. The van der Waals surface area contributed by atoms with Crippen LogP contribution in [-0.2, 0) is 4.79 Å². The number of phenolic OH excluding ortho intramolecular Hbond substituents is 1. The van der Waals surface area contributed by atoms with Crippen molar-refractivity contribution in [2.75, 3.05) is 0 Å². The Labute approximate surface area is 87.0 Å². The van der Waals surface area contributed by atoms with E-state index >= 15 is 0 Å². The molecule has 11 heavy (non-hydrogen) atoms. The molecule has 0 aliphatic rings. The fourth-order valence-corrected chi connectivity index (χ4v) is 0.428. The van der Waals surface area contributed by atoms with Gasteiger partial charge in [-0.05, 0) is 12.1 Å². The first kappa shape index (κ1) is 13.1. The number of rotatable bonds is 0. The number of aromatic hydroxyl groups is 1. The Morgan fingerprint density at radius 3 is 1.73 bits per heavy atom. The van der Waals surface area contributed by atoms with Gasteiger partial charge in [-0.1, -0.05) is 24.7 Å². The van der Waals surface area contributed by atoms with Crippen molar-refractivity contribution in [1.82, 2.24) is 0 Å². The van der Waals surface area contributed by atoms with Gasteiger partial charge in [0.2, 0.25) is 0 Å². The molecule has 0 bridgehead atoms. The SMILES string of the molecule is O=[C-]O.Oc1ccccc1.[Na+]. The van der Waals surface area contributed by atoms with Gasteiger partial charge in [-0.15, -0.1) is 0 Å². The Hall–Kier alpha value is -0.510. The molecule has 0 saturated carbocycles. The molecule has 1 aromatic rings. The molecule has 0 atom stereocenters. The van der Waals surface area contributed by atoms with Gasteiger partial charge in [0.1, 0.15) is 5.75 Å². The van der Waals surface area contributed by atoms with Crippen molar-refractivity contribution in [2.45, 2.75) is 0 Å². The molecular formula is C7H7NaO3. The number of aliphatic hydroxyl groups excluding tert-OH is 1. The monoisotopic (exact) mass is 162 g/mol. The summed E-state index contributed by atoms with van der Waals surface area (Å²) in [7, 11) is 0. The van der Waals surface area contributed by atoms with Crippen molar-refractivity contribution >= 4 is 6.47 Å². The molecule has 0 saturated heterocycles. The zero-order valence-corrected chi connectivity index (χ0v) is 8.19. The molecule has 0 unspecified atom stereocenters. The standard InChI is InChI=1S/C6H6O.CHO2.Na/c7-6-4-2-1-3-5-6;2-1-3;/h1-5,7H;(H,2,3);/q;-1;+1. The largest absolute Gasteiger partial charge is 1.00 e. The van der Waals surface area contributed by atoms with Gasteiger partial charge >= 0.3 is 29.6 Å². The minimum Gasteiger partial charge on any atom is -0.665 e. The second kappa shape index (κ2) is 9.49. The Morgan fingerprint density at radius 2 is 1.55 bits per heavy atom. The van der Waals surface area contributed by atoms with Crippen LogP contribution in [0.25, 0.3) is 0 Å². The van der Waals surface area contributed by atoms with E-state index in [0.717, 1.165) is 0 Å². The summed E-state index contributed by atoms with van der Waals surface area (Å²) in [6.07, 6.45) is 0. The summed E-state index contributed by atoms with van der Waals surface area (Å²) in [5.74, 6) is 0.322.